The Labute approximate surface area is 83.0 Å². The average molecular weight is 190 g/mol. The van der Waals surface area contributed by atoms with Crippen LogP contribution in [0.25, 0.3) is 10.9 Å². The third kappa shape index (κ3) is 1.51. The predicted octanol–water partition coefficient (Wildman–Crippen LogP) is 1.50. The van der Waals surface area contributed by atoms with Gasteiger partial charge in [-0.15, -0.1) is 0 Å². The zero-order valence-corrected chi connectivity index (χ0v) is 8.44. The van der Waals surface area contributed by atoms with Crippen LogP contribution >= 0.6 is 0 Å². The van der Waals surface area contributed by atoms with Crippen molar-refractivity contribution < 1.29 is 5.11 Å². The Morgan fingerprint density at radius 2 is 2.14 bits per heavy atom. The molecule has 1 heterocycles. The Bertz CT molecular complexity index is 445. The molecule has 14 heavy (non-hydrogen) atoms. The van der Waals surface area contributed by atoms with Crippen LogP contribution < -0.4 is 0 Å². The summed E-state index contributed by atoms with van der Waals surface area (Å²) in [6, 6.07) is 8.07. The molecule has 74 valence electrons. The van der Waals surface area contributed by atoms with Gasteiger partial charge in [-0.1, -0.05) is 18.2 Å². The first kappa shape index (κ1) is 9.21. The number of hydrogen-bond donors (Lipinski definition) is 1. The minimum Gasteiger partial charge on any atom is -0.393 e. The van der Waals surface area contributed by atoms with Crippen LogP contribution in [0.3, 0.4) is 0 Å². The number of benzene rings is 1. The second-order valence-electron chi connectivity index (χ2n) is 3.64. The Hall–Kier alpha value is -1.35. The van der Waals surface area contributed by atoms with Crippen molar-refractivity contribution in [2.45, 2.75) is 19.4 Å². The second kappa shape index (κ2) is 3.42. The number of aliphatic hydroxyl groups excluding tert-OH is 1. The fourth-order valence-electron chi connectivity index (χ4n) is 1.72. The number of aryl methyl sites for hydroxylation is 1. The quantitative estimate of drug-likeness (QED) is 0.779. The molecule has 0 fully saturated rings. The summed E-state index contributed by atoms with van der Waals surface area (Å²) in [5, 5.41) is 14.8. The van der Waals surface area contributed by atoms with E-state index >= 15 is 0 Å². The van der Waals surface area contributed by atoms with Gasteiger partial charge in [0.25, 0.3) is 0 Å². The molecule has 0 spiro atoms. The number of hydrogen-bond acceptors (Lipinski definition) is 2. The van der Waals surface area contributed by atoms with E-state index in [2.05, 4.69) is 5.10 Å². The van der Waals surface area contributed by atoms with Gasteiger partial charge in [-0.25, -0.2) is 0 Å². The topological polar surface area (TPSA) is 38.1 Å². The molecule has 3 nitrogen and oxygen atoms in total. The van der Waals surface area contributed by atoms with Gasteiger partial charge in [-0.05, 0) is 13.0 Å². The standard InChI is InChI=1S/C11H14N2O/c1-8(14)7-10-9-5-3-4-6-11(9)13(2)12-10/h3-6,8,14H,7H2,1-2H3. The first-order valence-electron chi connectivity index (χ1n) is 4.77. The van der Waals surface area contributed by atoms with Crippen molar-refractivity contribution in [2.75, 3.05) is 0 Å². The maximum absolute atomic E-state index is 9.33. The summed E-state index contributed by atoms with van der Waals surface area (Å²) in [6.45, 7) is 1.78. The van der Waals surface area contributed by atoms with Crippen LogP contribution in [0.1, 0.15) is 12.6 Å². The highest BCUT2D eigenvalue weighted by Crippen LogP contribution is 2.18. The molecule has 0 saturated carbocycles. The van der Waals surface area contributed by atoms with E-state index in [0.29, 0.717) is 6.42 Å². The van der Waals surface area contributed by atoms with Gasteiger partial charge in [0, 0.05) is 18.9 Å². The van der Waals surface area contributed by atoms with Gasteiger partial charge in [0.2, 0.25) is 0 Å². The minimum atomic E-state index is -0.340. The lowest BCUT2D eigenvalue weighted by Gasteiger charge is -1.99. The lowest BCUT2D eigenvalue weighted by atomic mass is 10.1. The van der Waals surface area contributed by atoms with Crippen LogP contribution in [-0.2, 0) is 13.5 Å². The summed E-state index contributed by atoms with van der Waals surface area (Å²) in [5.41, 5.74) is 2.08. The lowest BCUT2D eigenvalue weighted by Crippen LogP contribution is -2.05. The molecule has 0 radical (unpaired) electrons. The zero-order valence-electron chi connectivity index (χ0n) is 8.44. The number of fused-ring (bicyclic) bond motifs is 1. The normalized spacial score (nSPS) is 13.4. The summed E-state index contributed by atoms with van der Waals surface area (Å²) in [5.74, 6) is 0. The lowest BCUT2D eigenvalue weighted by molar-refractivity contribution is 0.194. The van der Waals surface area contributed by atoms with E-state index in [-0.39, 0.29) is 6.10 Å². The first-order chi connectivity index (χ1) is 6.68. The van der Waals surface area contributed by atoms with E-state index in [9.17, 15) is 5.11 Å². The van der Waals surface area contributed by atoms with Gasteiger partial charge < -0.3 is 5.11 Å². The van der Waals surface area contributed by atoms with Gasteiger partial charge in [0.1, 0.15) is 0 Å². The van der Waals surface area contributed by atoms with Gasteiger partial charge in [0.15, 0.2) is 0 Å². The Kier molecular flexibility index (Phi) is 2.25. The van der Waals surface area contributed by atoms with Gasteiger partial charge >= 0.3 is 0 Å². The number of aromatic nitrogens is 2. The Balaban J connectivity index is 2.55. The van der Waals surface area contributed by atoms with Crippen LogP contribution in [0.2, 0.25) is 0 Å². The van der Waals surface area contributed by atoms with Crippen molar-refractivity contribution in [3.63, 3.8) is 0 Å². The smallest absolute Gasteiger partial charge is 0.0728 e. The third-order valence-corrected chi connectivity index (χ3v) is 2.32. The van der Waals surface area contributed by atoms with Crippen LogP contribution in [0, 0.1) is 0 Å². The molecule has 1 atom stereocenters. The van der Waals surface area contributed by atoms with E-state index < -0.39 is 0 Å². The number of nitrogens with zero attached hydrogens (tertiary/aromatic N) is 2. The molecule has 0 aliphatic carbocycles. The Morgan fingerprint density at radius 1 is 1.43 bits per heavy atom. The van der Waals surface area contributed by atoms with E-state index in [1.54, 1.807) is 6.92 Å². The largest absolute Gasteiger partial charge is 0.393 e. The fraction of sp³-hybridized carbons (Fsp3) is 0.364. The summed E-state index contributed by atoms with van der Waals surface area (Å²) in [7, 11) is 1.92. The molecule has 1 aromatic carbocycles. The number of para-hydroxylation sites is 1. The molecule has 0 saturated heterocycles. The molecule has 0 bridgehead atoms. The van der Waals surface area contributed by atoms with Gasteiger partial charge in [0.05, 0.1) is 17.3 Å². The highest BCUT2D eigenvalue weighted by molar-refractivity contribution is 5.81. The van der Waals surface area contributed by atoms with E-state index in [1.165, 1.54) is 0 Å². The summed E-state index contributed by atoms with van der Waals surface area (Å²) >= 11 is 0. The number of aliphatic hydroxyl groups is 1. The molecular formula is C11H14N2O. The molecule has 1 aromatic heterocycles. The SMILES string of the molecule is CC(O)Cc1nn(C)c2ccccc12. The predicted molar refractivity (Wildman–Crippen MR) is 56.1 cm³/mol. The monoisotopic (exact) mass is 190 g/mol. The van der Waals surface area contributed by atoms with Crippen molar-refractivity contribution in [3.8, 4) is 0 Å². The maximum atomic E-state index is 9.33. The van der Waals surface area contributed by atoms with Crippen molar-refractivity contribution in [3.05, 3.63) is 30.0 Å². The molecule has 1 N–H and O–H groups in total. The average Bonchev–Trinajstić information content (AvgIpc) is 2.44. The van der Waals surface area contributed by atoms with Crippen molar-refractivity contribution in [1.82, 2.24) is 9.78 Å². The molecule has 0 aliphatic heterocycles. The molecular weight excluding hydrogens is 176 g/mol. The van der Waals surface area contributed by atoms with Crippen molar-refractivity contribution in [2.24, 2.45) is 7.05 Å². The van der Waals surface area contributed by atoms with E-state index in [1.807, 2.05) is 36.0 Å². The van der Waals surface area contributed by atoms with Crippen LogP contribution in [0.5, 0.6) is 0 Å². The van der Waals surface area contributed by atoms with Crippen LogP contribution in [-0.4, -0.2) is 21.0 Å². The molecule has 0 amide bonds. The molecule has 2 rings (SSSR count). The summed E-state index contributed by atoms with van der Waals surface area (Å²) in [6.07, 6.45) is 0.273. The van der Waals surface area contributed by atoms with Gasteiger partial charge in [-0.2, -0.15) is 5.10 Å². The first-order valence-corrected chi connectivity index (χ1v) is 4.77. The molecule has 2 aromatic rings. The van der Waals surface area contributed by atoms with E-state index in [4.69, 9.17) is 0 Å². The highest BCUT2D eigenvalue weighted by atomic mass is 16.3. The fourth-order valence-corrected chi connectivity index (χ4v) is 1.72. The highest BCUT2D eigenvalue weighted by Gasteiger charge is 2.09. The summed E-state index contributed by atoms with van der Waals surface area (Å²) < 4.78 is 1.85. The van der Waals surface area contributed by atoms with Gasteiger partial charge in [-0.3, -0.25) is 4.68 Å². The zero-order chi connectivity index (χ0) is 10.1. The van der Waals surface area contributed by atoms with E-state index in [0.717, 1.165) is 16.6 Å². The number of rotatable bonds is 2. The molecule has 3 heteroatoms. The second-order valence-corrected chi connectivity index (χ2v) is 3.64. The molecule has 1 unspecified atom stereocenters. The van der Waals surface area contributed by atoms with Crippen LogP contribution in [0.4, 0.5) is 0 Å². The van der Waals surface area contributed by atoms with Crippen LogP contribution in [0.15, 0.2) is 24.3 Å². The van der Waals surface area contributed by atoms with Crippen molar-refractivity contribution in [1.29, 1.82) is 0 Å². The minimum absolute atomic E-state index is 0.340. The third-order valence-electron chi connectivity index (χ3n) is 2.32. The Morgan fingerprint density at radius 3 is 2.86 bits per heavy atom. The molecule has 0 aliphatic rings. The van der Waals surface area contributed by atoms with Crippen molar-refractivity contribution >= 4 is 10.9 Å². The summed E-state index contributed by atoms with van der Waals surface area (Å²) in [4.78, 5) is 0. The maximum Gasteiger partial charge on any atom is 0.0728 e.